The molecule has 3 heterocycles. The number of rotatable bonds is 5. The van der Waals surface area contributed by atoms with Crippen LogP contribution in [0, 0.1) is 0 Å². The van der Waals surface area contributed by atoms with E-state index in [1.54, 1.807) is 0 Å². The van der Waals surface area contributed by atoms with Gasteiger partial charge >= 0.3 is 0 Å². The van der Waals surface area contributed by atoms with Crippen LogP contribution in [0.1, 0.15) is 36.9 Å². The first kappa shape index (κ1) is 21.0. The Labute approximate surface area is 190 Å². The summed E-state index contributed by atoms with van der Waals surface area (Å²) in [6, 6.07) is 0.840. The van der Waals surface area contributed by atoms with Crippen molar-refractivity contribution in [3.63, 3.8) is 0 Å². The first-order valence-electron chi connectivity index (χ1n) is 11.8. The standard InChI is InChI=1S/C25H32ClN5/c26-23-8-3-1-2-5-20(23)9-12-29-13-10-21-19-27-25(28-24(21)11-14-29)31-17-15-30(16-18-31)22-6-4-7-22/h2-3,5,8,19,22H,4,6-7,9-18H2. The summed E-state index contributed by atoms with van der Waals surface area (Å²) in [5.74, 6) is 0.931. The molecule has 1 saturated heterocycles. The molecule has 0 spiro atoms. The Balaban J connectivity index is 1.16. The van der Waals surface area contributed by atoms with Crippen molar-refractivity contribution in [2.75, 3.05) is 50.7 Å². The third-order valence-electron chi connectivity index (χ3n) is 7.20. The maximum atomic E-state index is 6.40. The number of nitrogens with zero attached hydrogens (tertiary/aromatic N) is 5. The minimum absolute atomic E-state index is 0.826. The fraction of sp³-hybridized carbons (Fsp3) is 0.560. The molecule has 1 saturated carbocycles. The molecule has 5 rings (SSSR count). The molecule has 0 unspecified atom stereocenters. The second-order valence-electron chi connectivity index (χ2n) is 9.05. The van der Waals surface area contributed by atoms with Crippen molar-refractivity contribution in [1.82, 2.24) is 19.8 Å². The van der Waals surface area contributed by atoms with E-state index in [-0.39, 0.29) is 0 Å². The highest BCUT2D eigenvalue weighted by Gasteiger charge is 2.29. The van der Waals surface area contributed by atoms with Gasteiger partial charge in [0.25, 0.3) is 0 Å². The predicted molar refractivity (Wildman–Crippen MR) is 127 cm³/mol. The van der Waals surface area contributed by atoms with Gasteiger partial charge in [0.1, 0.15) is 0 Å². The van der Waals surface area contributed by atoms with E-state index in [0.29, 0.717) is 0 Å². The van der Waals surface area contributed by atoms with E-state index in [4.69, 9.17) is 21.6 Å². The van der Waals surface area contributed by atoms with Gasteiger partial charge in [-0.25, -0.2) is 9.97 Å². The van der Waals surface area contributed by atoms with E-state index >= 15 is 0 Å². The fourth-order valence-corrected chi connectivity index (χ4v) is 5.14. The summed E-state index contributed by atoms with van der Waals surface area (Å²) in [4.78, 5) is 17.4. The van der Waals surface area contributed by atoms with Gasteiger partial charge in [0, 0.05) is 69.5 Å². The van der Waals surface area contributed by atoms with Crippen molar-refractivity contribution in [1.29, 1.82) is 0 Å². The van der Waals surface area contributed by atoms with Crippen molar-refractivity contribution in [3.05, 3.63) is 58.1 Å². The Morgan fingerprint density at radius 2 is 1.81 bits per heavy atom. The quantitative estimate of drug-likeness (QED) is 0.656. The highest BCUT2D eigenvalue weighted by atomic mass is 35.5. The molecule has 1 aromatic heterocycles. The van der Waals surface area contributed by atoms with Crippen LogP contribution < -0.4 is 4.90 Å². The van der Waals surface area contributed by atoms with Gasteiger partial charge in [-0.15, -0.1) is 5.73 Å². The highest BCUT2D eigenvalue weighted by molar-refractivity contribution is 6.32. The lowest BCUT2D eigenvalue weighted by Gasteiger charge is -2.43. The molecule has 2 aliphatic heterocycles. The van der Waals surface area contributed by atoms with Gasteiger partial charge in [0.2, 0.25) is 5.95 Å². The Hall–Kier alpha value is -1.91. The molecule has 0 bridgehead atoms. The summed E-state index contributed by atoms with van der Waals surface area (Å²) >= 11 is 6.40. The lowest BCUT2D eigenvalue weighted by Crippen LogP contribution is -2.52. The highest BCUT2D eigenvalue weighted by Crippen LogP contribution is 2.27. The van der Waals surface area contributed by atoms with Gasteiger partial charge in [-0.05, 0) is 61.1 Å². The molecule has 6 heteroatoms. The molecule has 5 nitrogen and oxygen atoms in total. The Kier molecular flexibility index (Phi) is 6.56. The van der Waals surface area contributed by atoms with Crippen LogP contribution in [0.25, 0.3) is 0 Å². The second-order valence-corrected chi connectivity index (χ2v) is 9.46. The lowest BCUT2D eigenvalue weighted by molar-refractivity contribution is 0.120. The second kappa shape index (κ2) is 9.70. The molecule has 2 fully saturated rings. The number of fused-ring (bicyclic) bond motifs is 1. The molecule has 0 radical (unpaired) electrons. The van der Waals surface area contributed by atoms with Gasteiger partial charge in [-0.3, -0.25) is 4.90 Å². The van der Waals surface area contributed by atoms with Crippen LogP contribution in [0.2, 0.25) is 0 Å². The largest absolute Gasteiger partial charge is 0.338 e. The van der Waals surface area contributed by atoms with Crippen LogP contribution in [0.3, 0.4) is 0 Å². The molecule has 31 heavy (non-hydrogen) atoms. The maximum absolute atomic E-state index is 6.40. The summed E-state index contributed by atoms with van der Waals surface area (Å²) < 4.78 is 0. The Morgan fingerprint density at radius 1 is 1.00 bits per heavy atom. The zero-order valence-corrected chi connectivity index (χ0v) is 19.0. The lowest BCUT2D eigenvalue weighted by atomic mass is 9.91. The van der Waals surface area contributed by atoms with Crippen LogP contribution in [0.15, 0.2) is 46.8 Å². The van der Waals surface area contributed by atoms with Crippen LogP contribution >= 0.6 is 11.6 Å². The molecule has 4 aliphatic rings. The molecule has 0 aromatic carbocycles. The SMILES string of the molecule is ClC1=CC=C=CC=C1CCN1CCc2cnc(N3CCN(C4CCC4)CC3)nc2CC1. The number of allylic oxidation sites excluding steroid dienone is 4. The van der Waals surface area contributed by atoms with Crippen molar-refractivity contribution in [2.24, 2.45) is 0 Å². The van der Waals surface area contributed by atoms with Gasteiger partial charge in [-0.2, -0.15) is 0 Å². The van der Waals surface area contributed by atoms with E-state index in [2.05, 4.69) is 32.7 Å². The van der Waals surface area contributed by atoms with Gasteiger partial charge < -0.3 is 9.80 Å². The monoisotopic (exact) mass is 437 g/mol. The topological polar surface area (TPSA) is 35.5 Å². The number of anilines is 1. The van der Waals surface area contributed by atoms with Gasteiger partial charge in [0.05, 0.1) is 5.69 Å². The first-order chi connectivity index (χ1) is 15.3. The molecular weight excluding hydrogens is 406 g/mol. The van der Waals surface area contributed by atoms with Gasteiger partial charge in [-0.1, -0.05) is 18.0 Å². The predicted octanol–water partition coefficient (Wildman–Crippen LogP) is 3.72. The summed E-state index contributed by atoms with van der Waals surface area (Å²) in [5.41, 5.74) is 6.84. The Bertz CT molecular complexity index is 918. The van der Waals surface area contributed by atoms with Crippen LogP contribution in [0.4, 0.5) is 5.95 Å². The number of piperazine rings is 1. The smallest absolute Gasteiger partial charge is 0.225 e. The summed E-state index contributed by atoms with van der Waals surface area (Å²) in [7, 11) is 0. The number of hydrogen-bond acceptors (Lipinski definition) is 5. The summed E-state index contributed by atoms with van der Waals surface area (Å²) in [6.07, 6.45) is 17.1. The van der Waals surface area contributed by atoms with E-state index in [0.717, 1.165) is 82.1 Å². The minimum atomic E-state index is 0.826. The number of halogens is 1. The van der Waals surface area contributed by atoms with Crippen LogP contribution in [-0.2, 0) is 12.8 Å². The molecule has 0 amide bonds. The zero-order chi connectivity index (χ0) is 21.0. The van der Waals surface area contributed by atoms with E-state index in [1.165, 1.54) is 36.1 Å². The third-order valence-corrected chi connectivity index (χ3v) is 7.57. The van der Waals surface area contributed by atoms with Crippen molar-refractivity contribution in [2.45, 2.75) is 44.6 Å². The average molecular weight is 438 g/mol. The normalized spacial score (nSPS) is 22.9. The molecular formula is C25H32ClN5. The molecule has 0 N–H and O–H groups in total. The average Bonchev–Trinajstić information content (AvgIpc) is 3.09. The first-order valence-corrected chi connectivity index (χ1v) is 12.2. The number of hydrogen-bond donors (Lipinski definition) is 0. The van der Waals surface area contributed by atoms with Crippen LogP contribution in [0.5, 0.6) is 0 Å². The molecule has 0 atom stereocenters. The summed E-state index contributed by atoms with van der Waals surface area (Å²) in [5, 5.41) is 0.826. The molecule has 2 aliphatic carbocycles. The molecule has 1 aromatic rings. The minimum Gasteiger partial charge on any atom is -0.338 e. The van der Waals surface area contributed by atoms with Crippen LogP contribution in [-0.4, -0.2) is 71.6 Å². The number of aromatic nitrogens is 2. The fourth-order valence-electron chi connectivity index (χ4n) is 4.92. The zero-order valence-electron chi connectivity index (χ0n) is 18.3. The van der Waals surface area contributed by atoms with Crippen molar-refractivity contribution in [3.8, 4) is 0 Å². The van der Waals surface area contributed by atoms with E-state index < -0.39 is 0 Å². The summed E-state index contributed by atoms with van der Waals surface area (Å²) in [6.45, 7) is 7.51. The maximum Gasteiger partial charge on any atom is 0.225 e. The van der Waals surface area contributed by atoms with Crippen molar-refractivity contribution < 1.29 is 0 Å². The van der Waals surface area contributed by atoms with E-state index in [9.17, 15) is 0 Å². The van der Waals surface area contributed by atoms with Crippen molar-refractivity contribution >= 4 is 17.5 Å². The third kappa shape index (κ3) is 4.96. The molecule has 164 valence electrons. The van der Waals surface area contributed by atoms with E-state index in [1.807, 2.05) is 18.2 Å². The Morgan fingerprint density at radius 3 is 2.61 bits per heavy atom. The van der Waals surface area contributed by atoms with Gasteiger partial charge in [0.15, 0.2) is 0 Å².